The molecule has 5 nitrogen and oxygen atoms in total. The molecule has 1 aromatic heterocycles. The van der Waals surface area contributed by atoms with Crippen LogP contribution in [0.2, 0.25) is 0 Å². The molecule has 2 aromatic rings. The van der Waals surface area contributed by atoms with Gasteiger partial charge in [-0.25, -0.2) is 4.39 Å². The number of hydrogen-bond acceptors (Lipinski definition) is 4. The number of carbonyl (C=O) groups excluding carboxylic acids is 1. The van der Waals surface area contributed by atoms with Crippen molar-refractivity contribution in [3.63, 3.8) is 0 Å². The Kier molecular flexibility index (Phi) is 3.82. The van der Waals surface area contributed by atoms with Gasteiger partial charge in [-0.15, -0.1) is 0 Å². The molecule has 3 atom stereocenters. The number of nitrogens with zero attached hydrogens (tertiary/aromatic N) is 3. The van der Waals surface area contributed by atoms with E-state index in [-0.39, 0.29) is 23.6 Å². The van der Waals surface area contributed by atoms with Gasteiger partial charge < -0.3 is 9.42 Å². The fraction of sp³-hybridized carbons (Fsp3) is 0.500. The van der Waals surface area contributed by atoms with E-state index in [0.717, 1.165) is 31.4 Å². The second kappa shape index (κ2) is 6.00. The fourth-order valence-electron chi connectivity index (χ4n) is 3.40. The Morgan fingerprint density at radius 2 is 2.08 bits per heavy atom. The Bertz CT molecular complexity index is 743. The van der Waals surface area contributed by atoms with Crippen molar-refractivity contribution >= 4 is 5.91 Å². The first-order valence-corrected chi connectivity index (χ1v) is 8.50. The van der Waals surface area contributed by atoms with E-state index in [0.29, 0.717) is 24.2 Å². The van der Waals surface area contributed by atoms with E-state index in [9.17, 15) is 9.18 Å². The third kappa shape index (κ3) is 2.92. The van der Waals surface area contributed by atoms with Crippen LogP contribution in [0.1, 0.15) is 38.0 Å². The highest BCUT2D eigenvalue weighted by molar-refractivity contribution is 5.81. The lowest BCUT2D eigenvalue weighted by molar-refractivity contribution is -0.134. The van der Waals surface area contributed by atoms with E-state index >= 15 is 0 Å². The molecule has 0 N–H and O–H groups in total. The predicted octanol–water partition coefficient (Wildman–Crippen LogP) is 3.24. The minimum Gasteiger partial charge on any atom is -0.342 e. The second-order valence-corrected chi connectivity index (χ2v) is 6.91. The summed E-state index contributed by atoms with van der Waals surface area (Å²) in [5, 5.41) is 4.01. The van der Waals surface area contributed by atoms with Gasteiger partial charge >= 0.3 is 0 Å². The van der Waals surface area contributed by atoms with Crippen molar-refractivity contribution in [3.05, 3.63) is 36.0 Å². The minimum atomic E-state index is -0.293. The molecule has 0 radical (unpaired) electrons. The van der Waals surface area contributed by atoms with Crippen LogP contribution in [0.3, 0.4) is 0 Å². The van der Waals surface area contributed by atoms with Gasteiger partial charge in [0.05, 0.1) is 5.92 Å². The molecule has 126 valence electrons. The molecule has 6 heteroatoms. The quantitative estimate of drug-likeness (QED) is 0.867. The SMILES string of the molecule is C[C@@H]1C[C@H]1C(=O)N1CCC[C@H](c2nc(-c3ccc(F)cc3)no2)C1. The van der Waals surface area contributed by atoms with E-state index in [1.165, 1.54) is 12.1 Å². The predicted molar refractivity (Wildman–Crippen MR) is 85.5 cm³/mol. The van der Waals surface area contributed by atoms with Gasteiger partial charge in [0.2, 0.25) is 17.6 Å². The zero-order valence-electron chi connectivity index (χ0n) is 13.6. The Morgan fingerprint density at radius 1 is 1.33 bits per heavy atom. The molecule has 1 saturated heterocycles. The molecule has 0 spiro atoms. The largest absolute Gasteiger partial charge is 0.342 e. The van der Waals surface area contributed by atoms with Crippen LogP contribution in [-0.2, 0) is 4.79 Å². The summed E-state index contributed by atoms with van der Waals surface area (Å²) in [5.74, 6) is 1.81. The van der Waals surface area contributed by atoms with Crippen molar-refractivity contribution in [2.45, 2.75) is 32.1 Å². The molecule has 24 heavy (non-hydrogen) atoms. The zero-order chi connectivity index (χ0) is 16.7. The lowest BCUT2D eigenvalue weighted by Gasteiger charge is -2.31. The maximum atomic E-state index is 13.0. The molecule has 2 heterocycles. The van der Waals surface area contributed by atoms with Crippen molar-refractivity contribution in [1.82, 2.24) is 15.0 Å². The van der Waals surface area contributed by atoms with E-state index < -0.39 is 0 Å². The fourth-order valence-corrected chi connectivity index (χ4v) is 3.40. The lowest BCUT2D eigenvalue weighted by Crippen LogP contribution is -2.40. The molecule has 1 aliphatic carbocycles. The van der Waals surface area contributed by atoms with Gasteiger partial charge in [0.25, 0.3) is 0 Å². The molecular weight excluding hydrogens is 309 g/mol. The van der Waals surface area contributed by atoms with Crippen molar-refractivity contribution in [2.75, 3.05) is 13.1 Å². The first-order valence-electron chi connectivity index (χ1n) is 8.50. The third-order valence-electron chi connectivity index (χ3n) is 5.05. The molecule has 2 fully saturated rings. The first kappa shape index (κ1) is 15.3. The van der Waals surface area contributed by atoms with Gasteiger partial charge in [-0.05, 0) is 49.4 Å². The van der Waals surface area contributed by atoms with Crippen LogP contribution in [0.5, 0.6) is 0 Å². The van der Waals surface area contributed by atoms with Crippen LogP contribution in [0.25, 0.3) is 11.4 Å². The van der Waals surface area contributed by atoms with Gasteiger partial charge in [-0.1, -0.05) is 12.1 Å². The molecule has 1 aliphatic heterocycles. The zero-order valence-corrected chi connectivity index (χ0v) is 13.6. The van der Waals surface area contributed by atoms with E-state index in [4.69, 9.17) is 4.52 Å². The monoisotopic (exact) mass is 329 g/mol. The van der Waals surface area contributed by atoms with Gasteiger partial charge in [-0.2, -0.15) is 4.98 Å². The van der Waals surface area contributed by atoms with Crippen molar-refractivity contribution in [1.29, 1.82) is 0 Å². The standard InChI is InChI=1S/C18H20FN3O2/c1-11-9-15(11)18(23)22-8-2-3-13(10-22)17-20-16(21-24-17)12-4-6-14(19)7-5-12/h4-7,11,13,15H,2-3,8-10H2,1H3/t11-,13+,15-/m1/s1. The molecule has 1 amide bonds. The Labute approximate surface area is 139 Å². The van der Waals surface area contributed by atoms with Gasteiger partial charge in [0, 0.05) is 24.6 Å². The number of hydrogen-bond donors (Lipinski definition) is 0. The number of aromatic nitrogens is 2. The highest BCUT2D eigenvalue weighted by Crippen LogP contribution is 2.40. The number of halogens is 1. The van der Waals surface area contributed by atoms with E-state index in [1.807, 2.05) is 4.90 Å². The van der Waals surface area contributed by atoms with Crippen LogP contribution >= 0.6 is 0 Å². The van der Waals surface area contributed by atoms with Crippen LogP contribution in [-0.4, -0.2) is 34.0 Å². The Hall–Kier alpha value is -2.24. The summed E-state index contributed by atoms with van der Waals surface area (Å²) in [6.07, 6.45) is 2.90. The maximum absolute atomic E-state index is 13.0. The third-order valence-corrected chi connectivity index (χ3v) is 5.05. The molecule has 1 aromatic carbocycles. The summed E-state index contributed by atoms with van der Waals surface area (Å²) < 4.78 is 18.4. The van der Waals surface area contributed by atoms with Crippen molar-refractivity contribution in [2.24, 2.45) is 11.8 Å². The summed E-state index contributed by atoms with van der Waals surface area (Å²) in [6.45, 7) is 3.58. The Balaban J connectivity index is 1.47. The molecule has 4 rings (SSSR count). The van der Waals surface area contributed by atoms with Gasteiger partial charge in [0.15, 0.2) is 0 Å². The van der Waals surface area contributed by atoms with Crippen LogP contribution in [0, 0.1) is 17.7 Å². The second-order valence-electron chi connectivity index (χ2n) is 6.91. The van der Waals surface area contributed by atoms with Crippen LogP contribution in [0.15, 0.2) is 28.8 Å². The van der Waals surface area contributed by atoms with Crippen molar-refractivity contribution < 1.29 is 13.7 Å². The smallest absolute Gasteiger partial charge is 0.231 e. The highest BCUT2D eigenvalue weighted by atomic mass is 19.1. The number of benzene rings is 1. The summed E-state index contributed by atoms with van der Waals surface area (Å²) >= 11 is 0. The topological polar surface area (TPSA) is 59.2 Å². The molecular formula is C18H20FN3O2. The number of amides is 1. The molecule has 0 bridgehead atoms. The summed E-state index contributed by atoms with van der Waals surface area (Å²) in [6, 6.07) is 6.02. The van der Waals surface area contributed by atoms with Crippen LogP contribution < -0.4 is 0 Å². The first-order chi connectivity index (χ1) is 11.6. The maximum Gasteiger partial charge on any atom is 0.231 e. The van der Waals surface area contributed by atoms with E-state index in [2.05, 4.69) is 17.1 Å². The van der Waals surface area contributed by atoms with Crippen LogP contribution in [0.4, 0.5) is 4.39 Å². The average molecular weight is 329 g/mol. The van der Waals surface area contributed by atoms with Gasteiger partial charge in [0.1, 0.15) is 5.82 Å². The molecule has 0 unspecified atom stereocenters. The molecule has 1 saturated carbocycles. The number of likely N-dealkylation sites (tertiary alicyclic amines) is 1. The van der Waals surface area contributed by atoms with Crippen molar-refractivity contribution in [3.8, 4) is 11.4 Å². The summed E-state index contributed by atoms with van der Waals surface area (Å²) in [5.41, 5.74) is 0.724. The lowest BCUT2D eigenvalue weighted by atomic mass is 9.97. The Morgan fingerprint density at radius 3 is 2.79 bits per heavy atom. The summed E-state index contributed by atoms with van der Waals surface area (Å²) in [4.78, 5) is 18.8. The average Bonchev–Trinajstić information content (AvgIpc) is 3.13. The number of rotatable bonds is 3. The molecule has 2 aliphatic rings. The normalized spacial score (nSPS) is 26.4. The van der Waals surface area contributed by atoms with Gasteiger partial charge in [-0.3, -0.25) is 4.79 Å². The highest BCUT2D eigenvalue weighted by Gasteiger charge is 2.42. The summed E-state index contributed by atoms with van der Waals surface area (Å²) in [7, 11) is 0. The van der Waals surface area contributed by atoms with E-state index in [1.54, 1.807) is 12.1 Å². The minimum absolute atomic E-state index is 0.0819. The number of carbonyl (C=O) groups is 1. The number of piperidine rings is 1.